The molecule has 6 nitrogen and oxygen atoms in total. The number of aliphatic carboxylic acids is 1. The van der Waals surface area contributed by atoms with Gasteiger partial charge in [0.05, 0.1) is 18.5 Å². The minimum atomic E-state index is -0.853. The molecule has 1 N–H and O–H groups in total. The molecule has 0 unspecified atom stereocenters. The van der Waals surface area contributed by atoms with E-state index < -0.39 is 11.9 Å². The molecule has 0 radical (unpaired) electrons. The van der Waals surface area contributed by atoms with Crippen LogP contribution >= 0.6 is 0 Å². The number of pyridine rings is 1. The number of hydrogen-bond donors (Lipinski definition) is 1. The molecule has 0 spiro atoms. The number of nitrogens with zero attached hydrogens (tertiary/aromatic N) is 2. The maximum absolute atomic E-state index is 12.4. The van der Waals surface area contributed by atoms with Crippen LogP contribution in [0.25, 0.3) is 10.9 Å². The van der Waals surface area contributed by atoms with Gasteiger partial charge in [0, 0.05) is 18.5 Å². The van der Waals surface area contributed by atoms with Crippen molar-refractivity contribution in [2.24, 2.45) is 5.92 Å². The summed E-state index contributed by atoms with van der Waals surface area (Å²) in [5, 5.41) is 9.90. The van der Waals surface area contributed by atoms with Crippen LogP contribution in [0.4, 0.5) is 0 Å². The van der Waals surface area contributed by atoms with Crippen LogP contribution in [0.3, 0.4) is 0 Å². The normalized spacial score (nSPS) is 17.7. The lowest BCUT2D eigenvalue weighted by atomic mass is 10.1. The Hall–Kier alpha value is -2.63. The van der Waals surface area contributed by atoms with Crippen LogP contribution in [0.15, 0.2) is 30.3 Å². The van der Waals surface area contributed by atoms with Crippen molar-refractivity contribution in [2.45, 2.75) is 6.42 Å². The molecule has 3 rings (SSSR count). The highest BCUT2D eigenvalue weighted by molar-refractivity contribution is 5.95. The summed E-state index contributed by atoms with van der Waals surface area (Å²) in [6, 6.07) is 8.93. The van der Waals surface area contributed by atoms with Gasteiger partial charge in [-0.15, -0.1) is 0 Å². The number of ether oxygens (including phenoxy) is 1. The molecule has 1 saturated heterocycles. The number of fused-ring (bicyclic) bond motifs is 1. The van der Waals surface area contributed by atoms with Gasteiger partial charge in [0.25, 0.3) is 5.91 Å². The van der Waals surface area contributed by atoms with Crippen LogP contribution in [-0.4, -0.2) is 47.1 Å². The first-order valence-electron chi connectivity index (χ1n) is 7.05. The number of rotatable bonds is 3. The number of carboxylic acids is 1. The Morgan fingerprint density at radius 1 is 1.32 bits per heavy atom. The molecule has 1 aliphatic heterocycles. The zero-order valence-electron chi connectivity index (χ0n) is 12.2. The van der Waals surface area contributed by atoms with Gasteiger partial charge in [-0.25, -0.2) is 4.98 Å². The average molecular weight is 300 g/mol. The summed E-state index contributed by atoms with van der Waals surface area (Å²) in [5.74, 6) is -0.818. The van der Waals surface area contributed by atoms with Gasteiger partial charge in [0.15, 0.2) is 0 Å². The average Bonchev–Trinajstić information content (AvgIpc) is 3.03. The fourth-order valence-corrected chi connectivity index (χ4v) is 2.66. The standard InChI is InChI=1S/C16H16N2O4/c1-22-12-3-5-13-10(8-12)2-4-14(17-13)15(19)18-7-6-11(9-18)16(20)21/h2-5,8,11H,6-7,9H2,1H3,(H,20,21)/t11-/m1/s1. The predicted octanol–water partition coefficient (Wildman–Crippen LogP) is 1.79. The van der Waals surface area contributed by atoms with Gasteiger partial charge in [0.1, 0.15) is 11.4 Å². The Bertz CT molecular complexity index is 744. The molecule has 0 saturated carbocycles. The molecule has 0 bridgehead atoms. The van der Waals surface area contributed by atoms with Gasteiger partial charge in [-0.05, 0) is 30.7 Å². The van der Waals surface area contributed by atoms with Crippen molar-refractivity contribution in [1.29, 1.82) is 0 Å². The van der Waals surface area contributed by atoms with E-state index in [1.165, 1.54) is 0 Å². The first-order valence-corrected chi connectivity index (χ1v) is 7.05. The summed E-state index contributed by atoms with van der Waals surface area (Å²) < 4.78 is 5.16. The van der Waals surface area contributed by atoms with E-state index in [1.807, 2.05) is 12.1 Å². The predicted molar refractivity (Wildman–Crippen MR) is 79.9 cm³/mol. The molecule has 1 fully saturated rings. The molecule has 2 aromatic rings. The lowest BCUT2D eigenvalue weighted by Crippen LogP contribution is -2.30. The molecular weight excluding hydrogens is 284 g/mol. The van der Waals surface area contributed by atoms with Crippen LogP contribution in [0.1, 0.15) is 16.9 Å². The van der Waals surface area contributed by atoms with Crippen LogP contribution < -0.4 is 4.74 Å². The van der Waals surface area contributed by atoms with Crippen LogP contribution in [0, 0.1) is 5.92 Å². The molecule has 6 heteroatoms. The molecule has 22 heavy (non-hydrogen) atoms. The Balaban J connectivity index is 1.84. The second kappa shape index (κ2) is 5.63. The number of benzene rings is 1. The van der Waals surface area contributed by atoms with Crippen molar-refractivity contribution < 1.29 is 19.4 Å². The second-order valence-corrected chi connectivity index (χ2v) is 5.33. The minimum Gasteiger partial charge on any atom is -0.497 e. The largest absolute Gasteiger partial charge is 0.497 e. The molecule has 1 aromatic heterocycles. The quantitative estimate of drug-likeness (QED) is 0.934. The van der Waals surface area contributed by atoms with Crippen LogP contribution in [-0.2, 0) is 4.79 Å². The fourth-order valence-electron chi connectivity index (χ4n) is 2.66. The number of likely N-dealkylation sites (tertiary alicyclic amines) is 1. The van der Waals surface area contributed by atoms with Gasteiger partial charge in [-0.3, -0.25) is 9.59 Å². The van der Waals surface area contributed by atoms with Crippen molar-refractivity contribution >= 4 is 22.8 Å². The van der Waals surface area contributed by atoms with Crippen molar-refractivity contribution in [3.8, 4) is 5.75 Å². The Morgan fingerprint density at radius 2 is 2.14 bits per heavy atom. The molecular formula is C16H16N2O4. The zero-order chi connectivity index (χ0) is 15.7. The topological polar surface area (TPSA) is 79.7 Å². The van der Waals surface area contributed by atoms with E-state index in [4.69, 9.17) is 9.84 Å². The van der Waals surface area contributed by atoms with Gasteiger partial charge >= 0.3 is 5.97 Å². The van der Waals surface area contributed by atoms with E-state index in [9.17, 15) is 9.59 Å². The highest BCUT2D eigenvalue weighted by atomic mass is 16.5. The zero-order valence-corrected chi connectivity index (χ0v) is 12.2. The van der Waals surface area contributed by atoms with Crippen molar-refractivity contribution in [1.82, 2.24) is 9.88 Å². The smallest absolute Gasteiger partial charge is 0.308 e. The first kappa shape index (κ1) is 14.3. The number of aromatic nitrogens is 1. The SMILES string of the molecule is COc1ccc2nc(C(=O)N3CC[C@@H](C(=O)O)C3)ccc2c1. The molecule has 1 atom stereocenters. The Kier molecular flexibility index (Phi) is 3.66. The van der Waals surface area contributed by atoms with E-state index >= 15 is 0 Å². The third-order valence-corrected chi connectivity index (χ3v) is 3.94. The maximum Gasteiger partial charge on any atom is 0.308 e. The van der Waals surface area contributed by atoms with E-state index in [0.717, 1.165) is 11.1 Å². The minimum absolute atomic E-state index is 0.221. The van der Waals surface area contributed by atoms with Crippen molar-refractivity contribution in [3.05, 3.63) is 36.0 Å². The maximum atomic E-state index is 12.4. The number of carbonyl (C=O) groups excluding carboxylic acids is 1. The van der Waals surface area contributed by atoms with E-state index in [0.29, 0.717) is 24.2 Å². The fraction of sp³-hybridized carbons (Fsp3) is 0.312. The Morgan fingerprint density at radius 3 is 2.82 bits per heavy atom. The molecule has 1 aromatic carbocycles. The molecule has 1 amide bonds. The summed E-state index contributed by atoms with van der Waals surface area (Å²) >= 11 is 0. The number of carboxylic acid groups (broad SMARTS) is 1. The third-order valence-electron chi connectivity index (χ3n) is 3.94. The highest BCUT2D eigenvalue weighted by Gasteiger charge is 2.31. The number of carbonyl (C=O) groups is 2. The van der Waals surface area contributed by atoms with Gasteiger partial charge < -0.3 is 14.7 Å². The van der Waals surface area contributed by atoms with Gasteiger partial charge in [-0.1, -0.05) is 6.07 Å². The van der Waals surface area contributed by atoms with Gasteiger partial charge in [-0.2, -0.15) is 0 Å². The van der Waals surface area contributed by atoms with Crippen LogP contribution in [0.5, 0.6) is 5.75 Å². The van der Waals surface area contributed by atoms with Crippen LogP contribution in [0.2, 0.25) is 0 Å². The third kappa shape index (κ3) is 2.59. The molecule has 0 aliphatic carbocycles. The summed E-state index contributed by atoms with van der Waals surface area (Å²) in [6.45, 7) is 0.703. The summed E-state index contributed by atoms with van der Waals surface area (Å²) in [5.41, 5.74) is 1.05. The number of amides is 1. The summed E-state index contributed by atoms with van der Waals surface area (Å²) in [6.07, 6.45) is 0.492. The van der Waals surface area contributed by atoms with E-state index in [2.05, 4.69) is 4.98 Å². The lowest BCUT2D eigenvalue weighted by Gasteiger charge is -2.15. The number of hydrogen-bond acceptors (Lipinski definition) is 4. The molecule has 2 heterocycles. The van der Waals surface area contributed by atoms with Gasteiger partial charge in [0.2, 0.25) is 0 Å². The second-order valence-electron chi connectivity index (χ2n) is 5.33. The monoisotopic (exact) mass is 300 g/mol. The van der Waals surface area contributed by atoms with E-state index in [-0.39, 0.29) is 12.5 Å². The van der Waals surface area contributed by atoms with Crippen molar-refractivity contribution in [2.75, 3.05) is 20.2 Å². The molecule has 114 valence electrons. The molecule has 1 aliphatic rings. The number of methoxy groups -OCH3 is 1. The summed E-state index contributed by atoms with van der Waals surface area (Å²) in [7, 11) is 1.60. The Labute approximate surface area is 127 Å². The highest BCUT2D eigenvalue weighted by Crippen LogP contribution is 2.22. The first-order chi connectivity index (χ1) is 10.6. The summed E-state index contributed by atoms with van der Waals surface area (Å²) in [4.78, 5) is 29.3. The lowest BCUT2D eigenvalue weighted by molar-refractivity contribution is -0.141. The van der Waals surface area contributed by atoms with Crippen molar-refractivity contribution in [3.63, 3.8) is 0 Å². The van der Waals surface area contributed by atoms with E-state index in [1.54, 1.807) is 30.2 Å².